The fourth-order valence-corrected chi connectivity index (χ4v) is 4.61. The Balaban J connectivity index is 1.31. The number of amides is 2. The van der Waals surface area contributed by atoms with Crippen molar-refractivity contribution in [1.82, 2.24) is 15.1 Å². The Labute approximate surface area is 178 Å². The summed E-state index contributed by atoms with van der Waals surface area (Å²) < 4.78 is 0. The van der Waals surface area contributed by atoms with Gasteiger partial charge >= 0.3 is 0 Å². The van der Waals surface area contributed by atoms with Gasteiger partial charge in [-0.15, -0.1) is 10.2 Å². The zero-order chi connectivity index (χ0) is 20.4. The molecule has 2 amide bonds. The van der Waals surface area contributed by atoms with Crippen molar-refractivity contribution in [3.05, 3.63) is 29.3 Å². The van der Waals surface area contributed by atoms with Gasteiger partial charge in [0.15, 0.2) is 0 Å². The predicted molar refractivity (Wildman–Crippen MR) is 115 cm³/mol. The highest BCUT2D eigenvalue weighted by molar-refractivity contribution is 7.19. The highest BCUT2D eigenvalue weighted by Crippen LogP contribution is 2.29. The summed E-state index contributed by atoms with van der Waals surface area (Å²) in [4.78, 5) is 32.2. The predicted octanol–water partition coefficient (Wildman–Crippen LogP) is 2.10. The normalized spacial score (nSPS) is 17.2. The molecule has 0 N–H and O–H groups in total. The van der Waals surface area contributed by atoms with Crippen LogP contribution < -0.4 is 14.7 Å². The molecule has 2 aliphatic heterocycles. The van der Waals surface area contributed by atoms with Crippen LogP contribution in [0, 0.1) is 0 Å². The lowest BCUT2D eigenvalue weighted by atomic mass is 10.2. The smallest absolute Gasteiger partial charge is 0.242 e. The van der Waals surface area contributed by atoms with E-state index in [0.29, 0.717) is 36.3 Å². The first-order valence-electron chi connectivity index (χ1n) is 9.64. The van der Waals surface area contributed by atoms with Crippen molar-refractivity contribution in [2.45, 2.75) is 12.8 Å². The molecule has 154 valence electrons. The number of anilines is 3. The van der Waals surface area contributed by atoms with Crippen LogP contribution in [-0.4, -0.2) is 73.2 Å². The number of carbonyl (C=O) groups is 2. The van der Waals surface area contributed by atoms with Gasteiger partial charge in [-0.2, -0.15) is 0 Å². The number of aromatic nitrogens is 2. The molecule has 2 aromatic rings. The summed E-state index contributed by atoms with van der Waals surface area (Å²) in [5.41, 5.74) is 1.08. The third-order valence-corrected chi connectivity index (χ3v) is 6.51. The number of benzene rings is 1. The second-order valence-corrected chi connectivity index (χ2v) is 8.59. The van der Waals surface area contributed by atoms with E-state index in [9.17, 15) is 9.59 Å². The zero-order valence-electron chi connectivity index (χ0n) is 16.3. The molecular weight excluding hydrogens is 412 g/mol. The molecule has 2 fully saturated rings. The minimum absolute atomic E-state index is 0.0623. The van der Waals surface area contributed by atoms with Gasteiger partial charge in [0.1, 0.15) is 0 Å². The quantitative estimate of drug-likeness (QED) is 0.717. The summed E-state index contributed by atoms with van der Waals surface area (Å²) in [6.45, 7) is 3.81. The van der Waals surface area contributed by atoms with Gasteiger partial charge in [-0.05, 0) is 24.6 Å². The maximum atomic E-state index is 12.7. The summed E-state index contributed by atoms with van der Waals surface area (Å²) in [6.07, 6.45) is 1.41. The average Bonchev–Trinajstić information content (AvgIpc) is 3.37. The van der Waals surface area contributed by atoms with Gasteiger partial charge in [0.05, 0.1) is 6.54 Å². The van der Waals surface area contributed by atoms with Gasteiger partial charge in [-0.25, -0.2) is 0 Å². The van der Waals surface area contributed by atoms with Crippen LogP contribution in [0.3, 0.4) is 0 Å². The van der Waals surface area contributed by atoms with E-state index in [1.807, 2.05) is 36.2 Å². The molecule has 2 aliphatic rings. The highest BCUT2D eigenvalue weighted by Gasteiger charge is 2.27. The van der Waals surface area contributed by atoms with Gasteiger partial charge in [0.25, 0.3) is 0 Å². The van der Waals surface area contributed by atoms with Crippen molar-refractivity contribution in [3.63, 3.8) is 0 Å². The number of nitrogens with zero attached hydrogens (tertiary/aromatic N) is 6. The van der Waals surface area contributed by atoms with Crippen LogP contribution in [0.4, 0.5) is 16.0 Å². The average molecular weight is 435 g/mol. The van der Waals surface area contributed by atoms with Crippen molar-refractivity contribution < 1.29 is 9.59 Å². The van der Waals surface area contributed by atoms with Crippen LogP contribution in [0.2, 0.25) is 5.02 Å². The largest absolute Gasteiger partial charge is 0.368 e. The Hall–Kier alpha value is -2.39. The van der Waals surface area contributed by atoms with Gasteiger partial charge < -0.3 is 14.7 Å². The molecule has 29 heavy (non-hydrogen) atoms. The third kappa shape index (κ3) is 4.45. The van der Waals surface area contributed by atoms with Gasteiger partial charge in [-0.3, -0.25) is 14.5 Å². The van der Waals surface area contributed by atoms with Crippen LogP contribution in [-0.2, 0) is 9.59 Å². The van der Waals surface area contributed by atoms with Gasteiger partial charge in [-0.1, -0.05) is 29.0 Å². The van der Waals surface area contributed by atoms with E-state index in [0.717, 1.165) is 30.2 Å². The van der Waals surface area contributed by atoms with Crippen LogP contribution in [0.15, 0.2) is 24.3 Å². The molecule has 1 aromatic heterocycles. The summed E-state index contributed by atoms with van der Waals surface area (Å²) in [7, 11) is 1.83. The molecule has 0 atom stereocenters. The first-order valence-corrected chi connectivity index (χ1v) is 10.8. The minimum Gasteiger partial charge on any atom is -0.368 e. The van der Waals surface area contributed by atoms with Gasteiger partial charge in [0, 0.05) is 56.9 Å². The molecule has 0 saturated carbocycles. The lowest BCUT2D eigenvalue weighted by Crippen LogP contribution is -2.51. The number of halogens is 1. The molecule has 0 spiro atoms. The zero-order valence-corrected chi connectivity index (χ0v) is 17.8. The monoisotopic (exact) mass is 434 g/mol. The Morgan fingerprint density at radius 3 is 2.69 bits per heavy atom. The molecule has 8 nitrogen and oxygen atoms in total. The van der Waals surface area contributed by atoms with Gasteiger partial charge in [0.2, 0.25) is 22.1 Å². The molecule has 3 heterocycles. The van der Waals surface area contributed by atoms with E-state index < -0.39 is 0 Å². The lowest BCUT2D eigenvalue weighted by molar-refractivity contribution is -0.130. The molecule has 0 bridgehead atoms. The molecule has 1 aromatic carbocycles. The first-order chi connectivity index (χ1) is 14.0. The van der Waals surface area contributed by atoms with Crippen LogP contribution in [0.1, 0.15) is 12.8 Å². The van der Waals surface area contributed by atoms with E-state index in [4.69, 9.17) is 11.6 Å². The van der Waals surface area contributed by atoms with Crippen molar-refractivity contribution >= 4 is 50.7 Å². The van der Waals surface area contributed by atoms with Crippen molar-refractivity contribution in [2.75, 3.05) is 61.0 Å². The fraction of sp³-hybridized carbons (Fsp3) is 0.474. The number of rotatable bonds is 5. The van der Waals surface area contributed by atoms with Crippen molar-refractivity contribution in [3.8, 4) is 0 Å². The van der Waals surface area contributed by atoms with Crippen LogP contribution >= 0.6 is 22.9 Å². The Kier molecular flexibility index (Phi) is 5.86. The van der Waals surface area contributed by atoms with Crippen molar-refractivity contribution in [1.29, 1.82) is 0 Å². The summed E-state index contributed by atoms with van der Waals surface area (Å²) >= 11 is 7.43. The summed E-state index contributed by atoms with van der Waals surface area (Å²) in [6, 6.07) is 7.79. The summed E-state index contributed by atoms with van der Waals surface area (Å²) in [5.74, 6) is 0.149. The van der Waals surface area contributed by atoms with E-state index in [-0.39, 0.29) is 18.4 Å². The Bertz CT molecular complexity index is 898. The first kappa shape index (κ1) is 19.9. The SMILES string of the molecule is CN(CC(=O)N1CCN(c2cccc(Cl)c2)CC1)c1nnc(N2CCCC2=O)s1. The Morgan fingerprint density at radius 1 is 1.21 bits per heavy atom. The molecule has 0 aliphatic carbocycles. The Morgan fingerprint density at radius 2 is 2.00 bits per heavy atom. The molecule has 10 heteroatoms. The molecule has 0 unspecified atom stereocenters. The fourth-order valence-electron chi connectivity index (χ4n) is 3.58. The van der Waals surface area contributed by atoms with Crippen LogP contribution in [0.25, 0.3) is 0 Å². The van der Waals surface area contributed by atoms with E-state index >= 15 is 0 Å². The number of hydrogen-bond acceptors (Lipinski definition) is 7. The molecule has 2 saturated heterocycles. The molecule has 0 radical (unpaired) electrons. The minimum atomic E-state index is 0.0623. The third-order valence-electron chi connectivity index (χ3n) is 5.21. The van der Waals surface area contributed by atoms with E-state index in [1.54, 1.807) is 9.80 Å². The molecule has 4 rings (SSSR count). The number of likely N-dealkylation sites (N-methyl/N-ethyl adjacent to an activating group) is 1. The maximum Gasteiger partial charge on any atom is 0.242 e. The standard InChI is InChI=1S/C19H23ClN6O2S/c1-23(18-21-22-19(29-18)26-7-3-6-16(26)27)13-17(28)25-10-8-24(9-11-25)15-5-2-4-14(20)12-15/h2,4-5,12H,3,6-11,13H2,1H3. The van der Waals surface area contributed by atoms with E-state index in [2.05, 4.69) is 15.1 Å². The second kappa shape index (κ2) is 8.54. The van der Waals surface area contributed by atoms with Crippen molar-refractivity contribution in [2.24, 2.45) is 0 Å². The highest BCUT2D eigenvalue weighted by atomic mass is 35.5. The lowest BCUT2D eigenvalue weighted by Gasteiger charge is -2.36. The summed E-state index contributed by atoms with van der Waals surface area (Å²) in [5, 5.41) is 10.3. The topological polar surface area (TPSA) is 72.9 Å². The van der Waals surface area contributed by atoms with Crippen LogP contribution in [0.5, 0.6) is 0 Å². The number of piperazine rings is 1. The number of hydrogen-bond donors (Lipinski definition) is 0. The number of carbonyl (C=O) groups excluding carboxylic acids is 2. The maximum absolute atomic E-state index is 12.7. The van der Waals surface area contributed by atoms with E-state index in [1.165, 1.54) is 11.3 Å². The second-order valence-electron chi connectivity index (χ2n) is 7.22. The molecular formula is C19H23ClN6O2S.